The smallest absolute Gasteiger partial charge is 0.0259 e. The third-order valence-electron chi connectivity index (χ3n) is 2.89. The molecule has 1 atom stereocenters. The quantitative estimate of drug-likeness (QED) is 0.691. The lowest BCUT2D eigenvalue weighted by Crippen LogP contribution is -2.42. The fraction of sp³-hybridized carbons (Fsp3) is 0.455. The molecule has 0 saturated carbocycles. The molecular formula is C11H16N2. The van der Waals surface area contributed by atoms with Crippen LogP contribution in [-0.4, -0.2) is 24.5 Å². The largest absolute Gasteiger partial charge is 0.329 e. The summed E-state index contributed by atoms with van der Waals surface area (Å²) < 4.78 is 0. The van der Waals surface area contributed by atoms with Crippen molar-refractivity contribution in [2.45, 2.75) is 19.0 Å². The molecule has 0 amide bonds. The fourth-order valence-corrected chi connectivity index (χ4v) is 1.98. The van der Waals surface area contributed by atoms with Crippen LogP contribution in [0.3, 0.4) is 0 Å². The van der Waals surface area contributed by atoms with Crippen LogP contribution in [0.1, 0.15) is 11.1 Å². The van der Waals surface area contributed by atoms with Gasteiger partial charge in [-0.2, -0.15) is 0 Å². The molecule has 2 rings (SSSR count). The molecule has 0 unspecified atom stereocenters. The van der Waals surface area contributed by atoms with Crippen LogP contribution in [0.5, 0.6) is 0 Å². The van der Waals surface area contributed by atoms with Crippen LogP contribution >= 0.6 is 0 Å². The molecule has 1 aromatic carbocycles. The SMILES string of the molecule is CN1Cc2ccccc2C[C@@H]1CN. The first kappa shape index (κ1) is 8.73. The number of nitrogens with two attached hydrogens (primary N) is 1. The molecule has 70 valence electrons. The summed E-state index contributed by atoms with van der Waals surface area (Å²) in [5.74, 6) is 0. The Morgan fingerprint density at radius 3 is 2.77 bits per heavy atom. The van der Waals surface area contributed by atoms with Crippen molar-refractivity contribution in [3.63, 3.8) is 0 Å². The molecule has 2 N–H and O–H groups in total. The van der Waals surface area contributed by atoms with Crippen molar-refractivity contribution in [3.8, 4) is 0 Å². The van der Waals surface area contributed by atoms with E-state index in [-0.39, 0.29) is 0 Å². The predicted octanol–water partition coefficient (Wildman–Crippen LogP) is 1.00. The van der Waals surface area contributed by atoms with Gasteiger partial charge >= 0.3 is 0 Å². The first-order valence-electron chi connectivity index (χ1n) is 4.78. The van der Waals surface area contributed by atoms with Crippen LogP contribution in [0, 0.1) is 0 Å². The second-order valence-electron chi connectivity index (χ2n) is 3.78. The van der Waals surface area contributed by atoms with E-state index in [0.29, 0.717) is 6.04 Å². The molecule has 2 heteroatoms. The zero-order chi connectivity index (χ0) is 9.26. The van der Waals surface area contributed by atoms with Gasteiger partial charge in [0.05, 0.1) is 0 Å². The standard InChI is InChI=1S/C11H16N2/c1-13-8-10-5-3-2-4-9(10)6-11(13)7-12/h2-5,11H,6-8,12H2,1H3/t11-/m1/s1. The van der Waals surface area contributed by atoms with Gasteiger partial charge in [0.1, 0.15) is 0 Å². The van der Waals surface area contributed by atoms with Crippen LogP contribution in [0.15, 0.2) is 24.3 Å². The monoisotopic (exact) mass is 176 g/mol. The Balaban J connectivity index is 2.27. The first-order valence-corrected chi connectivity index (χ1v) is 4.78. The zero-order valence-electron chi connectivity index (χ0n) is 8.03. The number of rotatable bonds is 1. The number of likely N-dealkylation sites (N-methyl/N-ethyl adjacent to an activating group) is 1. The predicted molar refractivity (Wildman–Crippen MR) is 54.5 cm³/mol. The van der Waals surface area contributed by atoms with Crippen molar-refractivity contribution in [3.05, 3.63) is 35.4 Å². The first-order chi connectivity index (χ1) is 6.31. The molecule has 1 aliphatic rings. The van der Waals surface area contributed by atoms with Crippen molar-refractivity contribution in [1.29, 1.82) is 0 Å². The van der Waals surface area contributed by atoms with Crippen molar-refractivity contribution >= 4 is 0 Å². The van der Waals surface area contributed by atoms with E-state index >= 15 is 0 Å². The molecule has 0 spiro atoms. The summed E-state index contributed by atoms with van der Waals surface area (Å²) in [4.78, 5) is 2.34. The minimum absolute atomic E-state index is 0.523. The van der Waals surface area contributed by atoms with E-state index in [9.17, 15) is 0 Å². The highest BCUT2D eigenvalue weighted by Gasteiger charge is 2.20. The van der Waals surface area contributed by atoms with E-state index in [4.69, 9.17) is 5.73 Å². The van der Waals surface area contributed by atoms with Crippen molar-refractivity contribution in [1.82, 2.24) is 4.90 Å². The average molecular weight is 176 g/mol. The number of nitrogens with zero attached hydrogens (tertiary/aromatic N) is 1. The Morgan fingerprint density at radius 1 is 1.38 bits per heavy atom. The van der Waals surface area contributed by atoms with E-state index < -0.39 is 0 Å². The molecule has 13 heavy (non-hydrogen) atoms. The minimum atomic E-state index is 0.523. The molecule has 1 heterocycles. The van der Waals surface area contributed by atoms with Gasteiger partial charge in [-0.15, -0.1) is 0 Å². The van der Waals surface area contributed by atoms with Crippen LogP contribution in [0.4, 0.5) is 0 Å². The van der Waals surface area contributed by atoms with E-state index in [1.807, 2.05) is 0 Å². The van der Waals surface area contributed by atoms with Gasteiger partial charge in [0.25, 0.3) is 0 Å². The summed E-state index contributed by atoms with van der Waals surface area (Å²) in [7, 11) is 2.15. The molecule has 0 bridgehead atoms. The van der Waals surface area contributed by atoms with Crippen LogP contribution in [0.25, 0.3) is 0 Å². The Kier molecular flexibility index (Phi) is 2.34. The summed E-state index contributed by atoms with van der Waals surface area (Å²) >= 11 is 0. The maximum Gasteiger partial charge on any atom is 0.0259 e. The molecule has 2 nitrogen and oxygen atoms in total. The fourth-order valence-electron chi connectivity index (χ4n) is 1.98. The normalized spacial score (nSPS) is 22.8. The molecular weight excluding hydrogens is 160 g/mol. The lowest BCUT2D eigenvalue weighted by atomic mass is 9.95. The van der Waals surface area contributed by atoms with Crippen molar-refractivity contribution < 1.29 is 0 Å². The molecule has 0 fully saturated rings. The van der Waals surface area contributed by atoms with E-state index in [0.717, 1.165) is 19.5 Å². The van der Waals surface area contributed by atoms with Gasteiger partial charge in [-0.3, -0.25) is 4.90 Å². The summed E-state index contributed by atoms with van der Waals surface area (Å²) in [6.45, 7) is 1.79. The highest BCUT2D eigenvalue weighted by atomic mass is 15.1. The Bertz CT molecular complexity index is 296. The molecule has 0 radical (unpaired) electrons. The van der Waals surface area contributed by atoms with Crippen LogP contribution in [0.2, 0.25) is 0 Å². The number of benzene rings is 1. The second kappa shape index (κ2) is 3.48. The van der Waals surface area contributed by atoms with Gasteiger partial charge in [0.2, 0.25) is 0 Å². The third kappa shape index (κ3) is 1.60. The zero-order valence-corrected chi connectivity index (χ0v) is 8.03. The van der Waals surface area contributed by atoms with E-state index in [2.05, 4.69) is 36.2 Å². The maximum atomic E-state index is 5.71. The third-order valence-corrected chi connectivity index (χ3v) is 2.89. The topological polar surface area (TPSA) is 29.3 Å². The van der Waals surface area contributed by atoms with Gasteiger partial charge < -0.3 is 5.73 Å². The lowest BCUT2D eigenvalue weighted by molar-refractivity contribution is 0.221. The molecule has 0 saturated heterocycles. The maximum absolute atomic E-state index is 5.71. The minimum Gasteiger partial charge on any atom is -0.329 e. The van der Waals surface area contributed by atoms with Gasteiger partial charge in [0, 0.05) is 19.1 Å². The number of fused-ring (bicyclic) bond motifs is 1. The number of hydrogen-bond donors (Lipinski definition) is 1. The molecule has 1 aromatic rings. The number of hydrogen-bond acceptors (Lipinski definition) is 2. The summed E-state index contributed by atoms with van der Waals surface area (Å²) in [6.07, 6.45) is 1.10. The highest BCUT2D eigenvalue weighted by molar-refractivity contribution is 5.30. The average Bonchev–Trinajstić information content (AvgIpc) is 2.17. The molecule has 0 aliphatic carbocycles. The van der Waals surface area contributed by atoms with Crippen LogP contribution < -0.4 is 5.73 Å². The van der Waals surface area contributed by atoms with Gasteiger partial charge in [0.15, 0.2) is 0 Å². The Labute approximate surface area is 79.4 Å². The summed E-state index contributed by atoms with van der Waals surface area (Å²) in [5, 5.41) is 0. The van der Waals surface area contributed by atoms with Crippen LogP contribution in [-0.2, 0) is 13.0 Å². The molecule has 1 aliphatic heterocycles. The van der Waals surface area contributed by atoms with Gasteiger partial charge in [-0.05, 0) is 24.6 Å². The Hall–Kier alpha value is -0.860. The molecule has 0 aromatic heterocycles. The van der Waals surface area contributed by atoms with E-state index in [1.54, 1.807) is 0 Å². The van der Waals surface area contributed by atoms with Crippen molar-refractivity contribution in [2.75, 3.05) is 13.6 Å². The highest BCUT2D eigenvalue weighted by Crippen LogP contribution is 2.20. The van der Waals surface area contributed by atoms with E-state index in [1.165, 1.54) is 11.1 Å². The Morgan fingerprint density at radius 2 is 2.08 bits per heavy atom. The lowest BCUT2D eigenvalue weighted by Gasteiger charge is -2.33. The van der Waals surface area contributed by atoms with Gasteiger partial charge in [-0.25, -0.2) is 0 Å². The summed E-state index contributed by atoms with van der Waals surface area (Å²) in [5.41, 5.74) is 8.63. The summed E-state index contributed by atoms with van der Waals surface area (Å²) in [6, 6.07) is 9.16. The van der Waals surface area contributed by atoms with Crippen molar-refractivity contribution in [2.24, 2.45) is 5.73 Å². The van der Waals surface area contributed by atoms with Gasteiger partial charge in [-0.1, -0.05) is 24.3 Å². The second-order valence-corrected chi connectivity index (χ2v) is 3.78.